The highest BCUT2D eigenvalue weighted by Gasteiger charge is 2.59. The lowest BCUT2D eigenvalue weighted by Gasteiger charge is -2.59. The number of rotatable bonds is 4. The summed E-state index contributed by atoms with van der Waals surface area (Å²) in [7, 11) is -8.93. The van der Waals surface area contributed by atoms with Crippen molar-refractivity contribution in [1.82, 2.24) is 0 Å². The van der Waals surface area contributed by atoms with Crippen molar-refractivity contribution in [3.63, 3.8) is 0 Å². The molecule has 0 saturated carbocycles. The lowest BCUT2D eigenvalue weighted by Crippen LogP contribution is -2.64. The smallest absolute Gasteiger partial charge is 0.0737 e. The number of fused-ring (bicyclic) bond motifs is 4. The third-order valence-corrected chi connectivity index (χ3v) is 37.9. The summed E-state index contributed by atoms with van der Waals surface area (Å²) in [5, 5.41) is 7.76. The summed E-state index contributed by atoms with van der Waals surface area (Å²) in [6.45, 7) is 43.0. The van der Waals surface area contributed by atoms with E-state index in [1.807, 2.05) is 20.8 Å². The van der Waals surface area contributed by atoms with Gasteiger partial charge in [-0.15, -0.1) is 0 Å². The van der Waals surface area contributed by atoms with Crippen LogP contribution in [0.1, 0.15) is 0 Å². The van der Waals surface area contributed by atoms with Gasteiger partial charge in [0.05, 0.1) is 47.5 Å². The van der Waals surface area contributed by atoms with Crippen molar-refractivity contribution in [1.29, 1.82) is 0 Å². The first-order valence-corrected chi connectivity index (χ1v) is 35.0. The Balaban J connectivity index is 2.51. The van der Waals surface area contributed by atoms with Crippen LogP contribution in [0.5, 0.6) is 0 Å². The second-order valence-electron chi connectivity index (χ2n) is 17.0. The molecule has 192 valence electrons. The van der Waals surface area contributed by atoms with Gasteiger partial charge in [-0.3, -0.25) is 0 Å². The molecule has 2 aliphatic carbocycles. The summed E-state index contributed by atoms with van der Waals surface area (Å²) in [6, 6.07) is 0. The summed E-state index contributed by atoms with van der Waals surface area (Å²) in [5.41, 5.74) is 1.57. The van der Waals surface area contributed by atoms with Crippen molar-refractivity contribution in [2.45, 2.75) is 116 Å². The molecule has 0 N–H and O–H groups in total. The van der Waals surface area contributed by atoms with Gasteiger partial charge in [0, 0.05) is 5.92 Å². The first kappa shape index (κ1) is 28.8. The predicted octanol–water partition coefficient (Wildman–Crippen LogP) is 9.71. The Morgan fingerprint density at radius 1 is 0.559 bits per heavy atom. The molecule has 0 spiro atoms. The maximum atomic E-state index is 3.01. The summed E-state index contributed by atoms with van der Waals surface area (Å²) >= 11 is 0. The summed E-state index contributed by atoms with van der Waals surface area (Å²) in [5.74, 6) is 1.38. The normalized spacial score (nSPS) is 31.5. The predicted molar refractivity (Wildman–Crippen MR) is 175 cm³/mol. The van der Waals surface area contributed by atoms with E-state index in [0.717, 1.165) is 17.0 Å². The molecule has 3 aliphatic rings. The maximum Gasteiger partial charge on any atom is 0.0737 e. The Morgan fingerprint density at radius 2 is 1.03 bits per heavy atom. The highest BCUT2D eigenvalue weighted by molar-refractivity contribution is 7.46. The van der Waals surface area contributed by atoms with Crippen molar-refractivity contribution in [3.8, 4) is 0 Å². The molecule has 34 heavy (non-hydrogen) atoms. The molecule has 0 fully saturated rings. The minimum atomic E-state index is -1.61. The van der Waals surface area contributed by atoms with E-state index < -0.39 is 47.5 Å². The number of hydrogen-bond donors (Lipinski definition) is 0. The molecule has 4 bridgehead atoms. The largest absolute Gasteiger partial charge is 0.0845 e. The lowest BCUT2D eigenvalue weighted by molar-refractivity contribution is 0.510. The molecule has 1 heterocycles. The average Bonchev–Trinajstić information content (AvgIpc) is 2.62. The minimum absolute atomic E-state index is 0.657. The summed E-state index contributed by atoms with van der Waals surface area (Å²) in [6.07, 6.45) is 11.4. The van der Waals surface area contributed by atoms with Gasteiger partial charge in [0.25, 0.3) is 0 Å². The highest BCUT2D eigenvalue weighted by Crippen LogP contribution is 2.60. The van der Waals surface area contributed by atoms with Crippen LogP contribution in [-0.2, 0) is 0 Å². The molecule has 0 amide bonds. The third kappa shape index (κ3) is 4.66. The van der Waals surface area contributed by atoms with Crippen molar-refractivity contribution < 1.29 is 0 Å². The minimum Gasteiger partial charge on any atom is -0.0845 e. The Hall–Kier alpha value is 0.261. The topological polar surface area (TPSA) is 0 Å². The number of hydrogen-bond acceptors (Lipinski definition) is 0. The zero-order valence-electron chi connectivity index (χ0n) is 25.6. The van der Waals surface area contributed by atoms with Crippen LogP contribution in [0.15, 0.2) is 45.1 Å². The fourth-order valence-electron chi connectivity index (χ4n) is 7.37. The van der Waals surface area contributed by atoms with Gasteiger partial charge in [-0.1, -0.05) is 150 Å². The quantitative estimate of drug-likeness (QED) is 0.300. The average molecular weight is 561 g/mol. The van der Waals surface area contributed by atoms with Gasteiger partial charge in [0.2, 0.25) is 0 Å². The molecule has 4 atom stereocenters. The molecule has 0 nitrogen and oxygen atoms in total. The second-order valence-corrected chi connectivity index (χ2v) is 53.0. The summed E-state index contributed by atoms with van der Waals surface area (Å²) in [4.78, 5) is 0. The van der Waals surface area contributed by atoms with E-state index in [-0.39, 0.29) is 0 Å². The van der Waals surface area contributed by atoms with Gasteiger partial charge in [0.1, 0.15) is 0 Å². The van der Waals surface area contributed by atoms with Gasteiger partial charge in [-0.2, -0.15) is 0 Å². The fourth-order valence-corrected chi connectivity index (χ4v) is 31.5. The van der Waals surface area contributed by atoms with Crippen LogP contribution in [0, 0.1) is 11.8 Å². The standard InChI is InChI=1S/C28H56Si6/c1-29(2,3)22-17-18-23-28(32(10,11)12)27(22)21-19-26(34(15,16)33(23,13)14)25(31(7,8)9)20-24(21)30(4,5)6/h17-21,25,27-28H,1-16H3. The molecule has 1 aliphatic heterocycles. The molecular formula is C28H56Si6. The molecule has 0 aromatic heterocycles. The van der Waals surface area contributed by atoms with Crippen molar-refractivity contribution in [3.05, 3.63) is 45.1 Å². The number of allylic oxidation sites excluding steroid dienone is 8. The fraction of sp³-hybridized carbons (Fsp3) is 0.714. The molecular weight excluding hydrogens is 505 g/mol. The van der Waals surface area contributed by atoms with Gasteiger partial charge in [-0.05, 0) is 17.0 Å². The SMILES string of the molecule is C[Si](C)(C)C1=CC([Si](C)(C)C)C2=CC1C1C([Si](C)(C)C)=CC=C(C1[Si](C)(C)C)[Si](C)(C)[Si]2(C)C. The molecule has 0 radical (unpaired) electrons. The summed E-state index contributed by atoms with van der Waals surface area (Å²) < 4.78 is 0. The third-order valence-electron chi connectivity index (χ3n) is 9.89. The Kier molecular flexibility index (Phi) is 7.11. The van der Waals surface area contributed by atoms with Crippen LogP contribution < -0.4 is 0 Å². The van der Waals surface area contributed by atoms with Crippen molar-refractivity contribution >= 4 is 47.5 Å². The van der Waals surface area contributed by atoms with Crippen molar-refractivity contribution in [2.24, 2.45) is 11.8 Å². The maximum absolute atomic E-state index is 3.01. The van der Waals surface area contributed by atoms with Gasteiger partial charge < -0.3 is 0 Å². The van der Waals surface area contributed by atoms with Crippen LogP contribution in [0.3, 0.4) is 0 Å². The molecule has 0 saturated heterocycles. The van der Waals surface area contributed by atoms with E-state index in [0.29, 0.717) is 5.92 Å². The Bertz CT molecular complexity index is 964. The molecule has 0 aromatic carbocycles. The first-order chi connectivity index (χ1) is 14.9. The van der Waals surface area contributed by atoms with E-state index in [9.17, 15) is 0 Å². The Morgan fingerprint density at radius 3 is 1.44 bits per heavy atom. The van der Waals surface area contributed by atoms with Crippen LogP contribution >= 0.6 is 0 Å². The van der Waals surface area contributed by atoms with Gasteiger partial charge in [0.15, 0.2) is 0 Å². The van der Waals surface area contributed by atoms with Gasteiger partial charge in [-0.25, -0.2) is 0 Å². The first-order valence-electron chi connectivity index (χ1n) is 13.8. The van der Waals surface area contributed by atoms with Crippen molar-refractivity contribution in [2.75, 3.05) is 0 Å². The van der Waals surface area contributed by atoms with Crippen LogP contribution in [0.2, 0.25) is 116 Å². The zero-order valence-corrected chi connectivity index (χ0v) is 31.6. The lowest BCUT2D eigenvalue weighted by atomic mass is 9.82. The van der Waals surface area contributed by atoms with Crippen LogP contribution in [-0.4, -0.2) is 47.5 Å². The zero-order chi connectivity index (χ0) is 26.4. The van der Waals surface area contributed by atoms with E-state index >= 15 is 0 Å². The molecule has 4 unspecified atom stereocenters. The second kappa shape index (κ2) is 8.38. The van der Waals surface area contributed by atoms with E-state index in [1.54, 1.807) is 0 Å². The molecule has 6 heteroatoms. The van der Waals surface area contributed by atoms with Crippen LogP contribution in [0.4, 0.5) is 0 Å². The molecule has 3 rings (SSSR count). The van der Waals surface area contributed by atoms with E-state index in [2.05, 4.69) is 129 Å². The Labute approximate surface area is 219 Å². The highest BCUT2D eigenvalue weighted by atomic mass is 29.3. The molecule has 0 aromatic rings. The van der Waals surface area contributed by atoms with E-state index in [4.69, 9.17) is 0 Å². The van der Waals surface area contributed by atoms with Gasteiger partial charge >= 0.3 is 0 Å². The van der Waals surface area contributed by atoms with E-state index in [1.165, 1.54) is 0 Å². The van der Waals surface area contributed by atoms with Crippen LogP contribution in [0.25, 0.3) is 0 Å². The monoisotopic (exact) mass is 560 g/mol.